The van der Waals surface area contributed by atoms with Gasteiger partial charge in [0.25, 0.3) is 0 Å². The zero-order chi connectivity index (χ0) is 15.9. The predicted octanol–water partition coefficient (Wildman–Crippen LogP) is 0.584. The normalized spacial score (nSPS) is 13.8. The van der Waals surface area contributed by atoms with E-state index in [0.29, 0.717) is 19.2 Å². The highest BCUT2D eigenvalue weighted by Crippen LogP contribution is 2.08. The maximum atomic E-state index is 12.1. The Labute approximate surface area is 127 Å². The van der Waals surface area contributed by atoms with Gasteiger partial charge in [-0.15, -0.1) is 0 Å². The van der Waals surface area contributed by atoms with Crippen LogP contribution in [-0.2, 0) is 21.3 Å². The van der Waals surface area contributed by atoms with Gasteiger partial charge in [-0.3, -0.25) is 4.68 Å². The van der Waals surface area contributed by atoms with E-state index >= 15 is 0 Å². The molecule has 1 aromatic rings. The standard InChI is InChI=1S/C13H26N4O3S/c1-11(2)14-6-5-7-17-9-13(8-15-17)21(18,19)16-12(3)10-20-4/h8-9,11-12,14,16H,5-7,10H2,1-4H3. The third kappa shape index (κ3) is 6.56. The molecule has 2 N–H and O–H groups in total. The fourth-order valence-electron chi connectivity index (χ4n) is 1.85. The highest BCUT2D eigenvalue weighted by atomic mass is 32.2. The molecule has 21 heavy (non-hydrogen) atoms. The molecule has 0 radical (unpaired) electrons. The molecule has 1 heterocycles. The molecule has 122 valence electrons. The smallest absolute Gasteiger partial charge is 0.244 e. The summed E-state index contributed by atoms with van der Waals surface area (Å²) in [6.07, 6.45) is 3.82. The zero-order valence-corrected chi connectivity index (χ0v) is 14.0. The number of nitrogens with one attached hydrogen (secondary N) is 2. The Morgan fingerprint density at radius 3 is 2.71 bits per heavy atom. The summed E-state index contributed by atoms with van der Waals surface area (Å²) in [4.78, 5) is 0.183. The molecule has 0 saturated carbocycles. The van der Waals surface area contributed by atoms with Crippen LogP contribution in [-0.4, -0.2) is 50.5 Å². The van der Waals surface area contributed by atoms with Gasteiger partial charge in [0, 0.05) is 31.9 Å². The first-order valence-electron chi connectivity index (χ1n) is 7.12. The maximum absolute atomic E-state index is 12.1. The highest BCUT2D eigenvalue weighted by molar-refractivity contribution is 7.89. The minimum Gasteiger partial charge on any atom is -0.383 e. The molecule has 0 bridgehead atoms. The van der Waals surface area contributed by atoms with Gasteiger partial charge in [0.05, 0.1) is 12.8 Å². The Hall–Kier alpha value is -0.960. The molecule has 0 amide bonds. The number of nitrogens with zero attached hydrogens (tertiary/aromatic N) is 2. The van der Waals surface area contributed by atoms with E-state index in [0.717, 1.165) is 13.0 Å². The first-order chi connectivity index (χ1) is 9.85. The molecule has 0 fully saturated rings. The summed E-state index contributed by atoms with van der Waals surface area (Å²) in [5.41, 5.74) is 0. The molecule has 1 aromatic heterocycles. The third-order valence-corrected chi connectivity index (χ3v) is 4.35. The molecule has 0 aliphatic carbocycles. The van der Waals surface area contributed by atoms with Crippen molar-refractivity contribution in [3.8, 4) is 0 Å². The van der Waals surface area contributed by atoms with Gasteiger partial charge in [0.15, 0.2) is 0 Å². The summed E-state index contributed by atoms with van der Waals surface area (Å²) in [6.45, 7) is 7.82. The van der Waals surface area contributed by atoms with E-state index in [-0.39, 0.29) is 10.9 Å². The molecule has 0 aliphatic heterocycles. The molecule has 0 aromatic carbocycles. The highest BCUT2D eigenvalue weighted by Gasteiger charge is 2.19. The lowest BCUT2D eigenvalue weighted by molar-refractivity contribution is 0.180. The summed E-state index contributed by atoms with van der Waals surface area (Å²) in [7, 11) is -2.00. The van der Waals surface area contributed by atoms with Crippen molar-refractivity contribution in [1.82, 2.24) is 19.8 Å². The van der Waals surface area contributed by atoms with Gasteiger partial charge in [0.1, 0.15) is 4.90 Å². The summed E-state index contributed by atoms with van der Waals surface area (Å²) >= 11 is 0. The molecule has 1 atom stereocenters. The van der Waals surface area contributed by atoms with Crippen LogP contribution in [0.15, 0.2) is 17.3 Å². The number of aryl methyl sites for hydroxylation is 1. The first kappa shape index (κ1) is 18.1. The van der Waals surface area contributed by atoms with E-state index in [1.54, 1.807) is 17.8 Å². The Morgan fingerprint density at radius 1 is 1.38 bits per heavy atom. The van der Waals surface area contributed by atoms with E-state index in [2.05, 4.69) is 29.0 Å². The van der Waals surface area contributed by atoms with Crippen molar-refractivity contribution < 1.29 is 13.2 Å². The summed E-state index contributed by atoms with van der Waals surface area (Å²) in [5.74, 6) is 0. The molecular weight excluding hydrogens is 292 g/mol. The molecule has 0 aliphatic rings. The fourth-order valence-corrected chi connectivity index (χ4v) is 3.03. The van der Waals surface area contributed by atoms with Crippen LogP contribution in [0, 0.1) is 0 Å². The van der Waals surface area contributed by atoms with Crippen molar-refractivity contribution >= 4 is 10.0 Å². The number of hydrogen-bond acceptors (Lipinski definition) is 5. The van der Waals surface area contributed by atoms with Gasteiger partial charge >= 0.3 is 0 Å². The summed E-state index contributed by atoms with van der Waals surface area (Å²) in [6, 6.07) is 0.170. The van der Waals surface area contributed by atoms with E-state index < -0.39 is 10.0 Å². The van der Waals surface area contributed by atoms with Crippen LogP contribution in [0.25, 0.3) is 0 Å². The molecule has 0 spiro atoms. The Morgan fingerprint density at radius 2 is 2.10 bits per heavy atom. The van der Waals surface area contributed by atoms with Crippen LogP contribution in [0.3, 0.4) is 0 Å². The van der Waals surface area contributed by atoms with Crippen LogP contribution in [0.1, 0.15) is 27.2 Å². The van der Waals surface area contributed by atoms with Crippen molar-refractivity contribution in [3.63, 3.8) is 0 Å². The summed E-state index contributed by atoms with van der Waals surface area (Å²) in [5, 5.41) is 7.40. The number of rotatable bonds is 10. The Kier molecular flexibility index (Phi) is 7.30. The number of hydrogen-bond donors (Lipinski definition) is 2. The van der Waals surface area contributed by atoms with Crippen LogP contribution in [0.2, 0.25) is 0 Å². The van der Waals surface area contributed by atoms with Gasteiger partial charge in [-0.05, 0) is 19.9 Å². The lowest BCUT2D eigenvalue weighted by Crippen LogP contribution is -2.35. The molecule has 1 unspecified atom stereocenters. The molecule has 1 rings (SSSR count). The zero-order valence-electron chi connectivity index (χ0n) is 13.2. The fraction of sp³-hybridized carbons (Fsp3) is 0.769. The van der Waals surface area contributed by atoms with E-state index in [4.69, 9.17) is 4.74 Å². The van der Waals surface area contributed by atoms with Gasteiger partial charge in [-0.2, -0.15) is 5.10 Å². The second-order valence-corrected chi connectivity index (χ2v) is 7.09. The van der Waals surface area contributed by atoms with E-state index in [9.17, 15) is 8.42 Å². The first-order valence-corrected chi connectivity index (χ1v) is 8.60. The van der Waals surface area contributed by atoms with Crippen molar-refractivity contribution in [2.45, 2.75) is 50.7 Å². The number of ether oxygens (including phenoxy) is 1. The van der Waals surface area contributed by atoms with Gasteiger partial charge in [-0.25, -0.2) is 13.1 Å². The number of sulfonamides is 1. The monoisotopic (exact) mass is 318 g/mol. The van der Waals surface area contributed by atoms with Crippen molar-refractivity contribution in [1.29, 1.82) is 0 Å². The molecule has 8 heteroatoms. The van der Waals surface area contributed by atoms with Crippen molar-refractivity contribution in [2.24, 2.45) is 0 Å². The predicted molar refractivity (Wildman–Crippen MR) is 81.6 cm³/mol. The third-order valence-electron chi connectivity index (χ3n) is 2.81. The van der Waals surface area contributed by atoms with E-state index in [1.165, 1.54) is 13.3 Å². The second-order valence-electron chi connectivity index (χ2n) is 5.38. The van der Waals surface area contributed by atoms with Gasteiger partial charge in [-0.1, -0.05) is 13.8 Å². The topological polar surface area (TPSA) is 85.2 Å². The van der Waals surface area contributed by atoms with Crippen LogP contribution in [0.4, 0.5) is 0 Å². The minimum absolute atomic E-state index is 0.183. The quantitative estimate of drug-likeness (QED) is 0.617. The Balaban J connectivity index is 2.53. The van der Waals surface area contributed by atoms with Crippen LogP contribution < -0.4 is 10.0 Å². The van der Waals surface area contributed by atoms with Gasteiger partial charge in [0.2, 0.25) is 10.0 Å². The van der Waals surface area contributed by atoms with Gasteiger partial charge < -0.3 is 10.1 Å². The van der Waals surface area contributed by atoms with E-state index in [1.807, 2.05) is 0 Å². The second kappa shape index (κ2) is 8.47. The van der Waals surface area contributed by atoms with Crippen LogP contribution in [0.5, 0.6) is 0 Å². The van der Waals surface area contributed by atoms with Crippen molar-refractivity contribution in [2.75, 3.05) is 20.3 Å². The molecule has 7 nitrogen and oxygen atoms in total. The minimum atomic E-state index is -3.53. The van der Waals surface area contributed by atoms with Crippen LogP contribution >= 0.6 is 0 Å². The number of methoxy groups -OCH3 is 1. The lowest BCUT2D eigenvalue weighted by Gasteiger charge is -2.11. The number of aromatic nitrogens is 2. The average molecular weight is 318 g/mol. The SMILES string of the molecule is COCC(C)NS(=O)(=O)c1cnn(CCCNC(C)C)c1. The van der Waals surface area contributed by atoms with Crippen molar-refractivity contribution in [3.05, 3.63) is 12.4 Å². The Bertz CT molecular complexity index is 513. The molecule has 0 saturated heterocycles. The lowest BCUT2D eigenvalue weighted by atomic mass is 10.3. The largest absolute Gasteiger partial charge is 0.383 e. The maximum Gasteiger partial charge on any atom is 0.244 e. The molecular formula is C13H26N4O3S. The average Bonchev–Trinajstić information content (AvgIpc) is 2.83. The summed E-state index contributed by atoms with van der Waals surface area (Å²) < 4.78 is 33.4.